The quantitative estimate of drug-likeness (QED) is 0.695. The Kier molecular flexibility index (Phi) is 3.95. The first kappa shape index (κ1) is 14.0. The second-order valence-corrected chi connectivity index (χ2v) is 4.45. The van der Waals surface area contributed by atoms with E-state index in [0.717, 1.165) is 5.69 Å². The summed E-state index contributed by atoms with van der Waals surface area (Å²) in [6, 6.07) is 9.01. The number of aryl methyl sites for hydroxylation is 1. The highest BCUT2D eigenvalue weighted by Crippen LogP contribution is 2.25. The number of aromatic nitrogens is 1. The Morgan fingerprint density at radius 2 is 2.10 bits per heavy atom. The highest BCUT2D eigenvalue weighted by molar-refractivity contribution is 6.33. The molecule has 2 rings (SSSR count). The van der Waals surface area contributed by atoms with Gasteiger partial charge in [-0.15, -0.1) is 0 Å². The molecule has 102 valence electrons. The van der Waals surface area contributed by atoms with Crippen LogP contribution in [0, 0.1) is 17.0 Å². The lowest BCUT2D eigenvalue weighted by molar-refractivity contribution is -0.384. The van der Waals surface area contributed by atoms with Gasteiger partial charge in [0.05, 0.1) is 4.92 Å². The van der Waals surface area contributed by atoms with Gasteiger partial charge in [-0.1, -0.05) is 17.7 Å². The molecule has 1 N–H and O–H groups in total. The van der Waals surface area contributed by atoms with Gasteiger partial charge in [-0.3, -0.25) is 14.9 Å². The van der Waals surface area contributed by atoms with Gasteiger partial charge < -0.3 is 5.32 Å². The summed E-state index contributed by atoms with van der Waals surface area (Å²) in [5, 5.41) is 13.2. The number of anilines is 1. The van der Waals surface area contributed by atoms with Crippen LogP contribution in [0.5, 0.6) is 0 Å². The smallest absolute Gasteiger partial charge is 0.287 e. The summed E-state index contributed by atoms with van der Waals surface area (Å²) in [6.45, 7) is 1.80. The molecule has 0 aliphatic rings. The molecule has 0 aliphatic heterocycles. The summed E-state index contributed by atoms with van der Waals surface area (Å²) in [5.41, 5.74) is 0.755. The van der Waals surface area contributed by atoms with Crippen molar-refractivity contribution in [3.05, 3.63) is 62.8 Å². The Hall–Kier alpha value is -2.47. The Morgan fingerprint density at radius 1 is 1.35 bits per heavy atom. The first-order valence-electron chi connectivity index (χ1n) is 5.66. The summed E-state index contributed by atoms with van der Waals surface area (Å²) in [6.07, 6.45) is 0. The Balaban J connectivity index is 2.22. The number of rotatable bonds is 3. The number of hydrogen-bond donors (Lipinski definition) is 1. The predicted molar refractivity (Wildman–Crippen MR) is 75.0 cm³/mol. The van der Waals surface area contributed by atoms with E-state index in [2.05, 4.69) is 10.3 Å². The van der Waals surface area contributed by atoms with E-state index in [1.807, 2.05) is 0 Å². The molecule has 0 saturated carbocycles. The van der Waals surface area contributed by atoms with Crippen molar-refractivity contribution in [3.63, 3.8) is 0 Å². The number of carbonyl (C=O) groups is 1. The number of nitro groups is 1. The molecule has 20 heavy (non-hydrogen) atoms. The van der Waals surface area contributed by atoms with E-state index in [9.17, 15) is 14.9 Å². The summed E-state index contributed by atoms with van der Waals surface area (Å²) >= 11 is 5.76. The van der Waals surface area contributed by atoms with Crippen molar-refractivity contribution in [1.29, 1.82) is 0 Å². The monoisotopic (exact) mass is 291 g/mol. The van der Waals surface area contributed by atoms with Crippen molar-refractivity contribution in [2.75, 3.05) is 5.32 Å². The Bertz CT molecular complexity index is 688. The highest BCUT2D eigenvalue weighted by Gasteiger charge is 2.15. The number of benzene rings is 1. The molecular formula is C13H10ClN3O3. The van der Waals surface area contributed by atoms with Crippen LogP contribution in [0.15, 0.2) is 36.4 Å². The molecule has 0 unspecified atom stereocenters. The first-order valence-corrected chi connectivity index (χ1v) is 6.04. The lowest BCUT2D eigenvalue weighted by atomic mass is 10.2. The number of nitrogens with one attached hydrogen (secondary N) is 1. The van der Waals surface area contributed by atoms with Crippen LogP contribution in [-0.2, 0) is 0 Å². The minimum absolute atomic E-state index is 0.0835. The summed E-state index contributed by atoms with van der Waals surface area (Å²) in [7, 11) is 0. The standard InChI is InChI=1S/C13H10ClN3O3/c1-8-3-2-4-12(15-8)16-13(18)9-5-6-11(17(19)20)10(14)7-9/h2-7H,1H3,(H,15,16,18). The average molecular weight is 292 g/mol. The van der Waals surface area contributed by atoms with Crippen LogP contribution in [0.1, 0.15) is 16.1 Å². The fraction of sp³-hybridized carbons (Fsp3) is 0.0769. The van der Waals surface area contributed by atoms with Gasteiger partial charge >= 0.3 is 0 Å². The lowest BCUT2D eigenvalue weighted by Crippen LogP contribution is -2.13. The Morgan fingerprint density at radius 3 is 2.70 bits per heavy atom. The summed E-state index contributed by atoms with van der Waals surface area (Å²) < 4.78 is 0. The van der Waals surface area contributed by atoms with E-state index >= 15 is 0 Å². The molecule has 0 bridgehead atoms. The van der Waals surface area contributed by atoms with E-state index in [4.69, 9.17) is 11.6 Å². The molecule has 6 nitrogen and oxygen atoms in total. The van der Waals surface area contributed by atoms with Gasteiger partial charge in [0.2, 0.25) is 0 Å². The van der Waals surface area contributed by atoms with E-state index in [0.29, 0.717) is 5.82 Å². The number of nitrogens with zero attached hydrogens (tertiary/aromatic N) is 2. The van der Waals surface area contributed by atoms with Crippen LogP contribution in [0.4, 0.5) is 11.5 Å². The van der Waals surface area contributed by atoms with Crippen LogP contribution < -0.4 is 5.32 Å². The van der Waals surface area contributed by atoms with Gasteiger partial charge in [-0.05, 0) is 31.2 Å². The summed E-state index contributed by atoms with van der Waals surface area (Å²) in [4.78, 5) is 26.1. The third-order valence-electron chi connectivity index (χ3n) is 2.54. The van der Waals surface area contributed by atoms with E-state index in [1.165, 1.54) is 18.2 Å². The van der Waals surface area contributed by atoms with Crippen molar-refractivity contribution < 1.29 is 9.72 Å². The zero-order chi connectivity index (χ0) is 14.7. The molecule has 0 atom stereocenters. The molecule has 1 amide bonds. The van der Waals surface area contributed by atoms with Gasteiger partial charge in [0.1, 0.15) is 10.8 Å². The number of hydrogen-bond acceptors (Lipinski definition) is 4. The Labute approximate surface area is 119 Å². The molecular weight excluding hydrogens is 282 g/mol. The molecule has 0 spiro atoms. The minimum atomic E-state index is -0.605. The molecule has 0 fully saturated rings. The molecule has 1 aromatic carbocycles. The molecule has 0 aliphatic carbocycles. The van der Waals surface area contributed by atoms with Crippen molar-refractivity contribution >= 4 is 29.0 Å². The van der Waals surface area contributed by atoms with Gasteiger partial charge in [0.15, 0.2) is 0 Å². The molecule has 2 aromatic rings. The van der Waals surface area contributed by atoms with Crippen molar-refractivity contribution in [1.82, 2.24) is 4.98 Å². The fourth-order valence-corrected chi connectivity index (χ4v) is 1.85. The first-order chi connectivity index (χ1) is 9.47. The zero-order valence-corrected chi connectivity index (χ0v) is 11.2. The number of amides is 1. The van der Waals surface area contributed by atoms with E-state index in [1.54, 1.807) is 25.1 Å². The molecule has 7 heteroatoms. The van der Waals surface area contributed by atoms with Crippen LogP contribution in [-0.4, -0.2) is 15.8 Å². The lowest BCUT2D eigenvalue weighted by Gasteiger charge is -2.05. The van der Waals surface area contributed by atoms with Crippen molar-refractivity contribution in [2.45, 2.75) is 6.92 Å². The second kappa shape index (κ2) is 5.66. The maximum Gasteiger partial charge on any atom is 0.287 e. The third kappa shape index (κ3) is 3.10. The predicted octanol–water partition coefficient (Wildman–Crippen LogP) is 3.20. The van der Waals surface area contributed by atoms with E-state index in [-0.39, 0.29) is 16.3 Å². The molecule has 0 saturated heterocycles. The van der Waals surface area contributed by atoms with E-state index < -0.39 is 10.8 Å². The maximum atomic E-state index is 12.0. The number of pyridine rings is 1. The normalized spacial score (nSPS) is 10.1. The van der Waals surface area contributed by atoms with Gasteiger partial charge in [0, 0.05) is 17.3 Å². The number of halogens is 1. The zero-order valence-electron chi connectivity index (χ0n) is 10.5. The second-order valence-electron chi connectivity index (χ2n) is 4.04. The van der Waals surface area contributed by atoms with Crippen LogP contribution >= 0.6 is 11.6 Å². The van der Waals surface area contributed by atoms with Crippen LogP contribution in [0.2, 0.25) is 5.02 Å². The van der Waals surface area contributed by atoms with Crippen LogP contribution in [0.3, 0.4) is 0 Å². The number of carbonyl (C=O) groups excluding carboxylic acids is 1. The fourth-order valence-electron chi connectivity index (χ4n) is 1.60. The highest BCUT2D eigenvalue weighted by atomic mass is 35.5. The van der Waals surface area contributed by atoms with Crippen molar-refractivity contribution in [2.24, 2.45) is 0 Å². The SMILES string of the molecule is Cc1cccc(NC(=O)c2ccc([N+](=O)[O-])c(Cl)c2)n1. The van der Waals surface area contributed by atoms with Gasteiger partial charge in [-0.25, -0.2) is 4.98 Å². The van der Waals surface area contributed by atoms with Crippen molar-refractivity contribution in [3.8, 4) is 0 Å². The largest absolute Gasteiger partial charge is 0.307 e. The van der Waals surface area contributed by atoms with Gasteiger partial charge in [0.25, 0.3) is 11.6 Å². The number of nitro benzene ring substituents is 1. The van der Waals surface area contributed by atoms with Gasteiger partial charge in [-0.2, -0.15) is 0 Å². The average Bonchev–Trinajstić information content (AvgIpc) is 2.38. The summed E-state index contributed by atoms with van der Waals surface area (Å²) in [5.74, 6) is -0.0237. The molecule has 1 aromatic heterocycles. The molecule has 0 radical (unpaired) electrons. The maximum absolute atomic E-state index is 12.0. The third-order valence-corrected chi connectivity index (χ3v) is 2.84. The molecule has 1 heterocycles. The minimum Gasteiger partial charge on any atom is -0.307 e. The topological polar surface area (TPSA) is 85.1 Å². The van der Waals surface area contributed by atoms with Crippen LogP contribution in [0.25, 0.3) is 0 Å².